The molecule has 0 bridgehead atoms. The highest BCUT2D eigenvalue weighted by Crippen LogP contribution is 2.35. The minimum atomic E-state index is -0.965. The van der Waals surface area contributed by atoms with Gasteiger partial charge >= 0.3 is 5.97 Å². The minimum absolute atomic E-state index is 0.0108. The lowest BCUT2D eigenvalue weighted by Gasteiger charge is -2.11. The quantitative estimate of drug-likeness (QED) is 0.123. The molecular formula is C31H34O6S2. The summed E-state index contributed by atoms with van der Waals surface area (Å²) in [4.78, 5) is 37.5. The number of aryl methyl sites for hydroxylation is 2. The van der Waals surface area contributed by atoms with Crippen molar-refractivity contribution < 1.29 is 29.0 Å². The van der Waals surface area contributed by atoms with E-state index in [1.54, 1.807) is 21.1 Å². The van der Waals surface area contributed by atoms with Crippen LogP contribution >= 0.6 is 22.7 Å². The molecule has 0 amide bonds. The second-order valence-electron chi connectivity index (χ2n) is 9.87. The molecule has 1 N–H and O–H groups in total. The number of ether oxygens (including phenoxy) is 2. The molecule has 0 aliphatic carbocycles. The van der Waals surface area contributed by atoms with Crippen molar-refractivity contribution in [3.63, 3.8) is 0 Å². The van der Waals surface area contributed by atoms with Crippen molar-refractivity contribution >= 4 is 60.4 Å². The first-order valence-electron chi connectivity index (χ1n) is 13.2. The lowest BCUT2D eigenvalue weighted by atomic mass is 10.0. The van der Waals surface area contributed by atoms with E-state index < -0.39 is 11.9 Å². The van der Waals surface area contributed by atoms with Gasteiger partial charge in [-0.2, -0.15) is 0 Å². The molecule has 6 nitrogen and oxygen atoms in total. The van der Waals surface area contributed by atoms with Crippen molar-refractivity contribution in [3.05, 3.63) is 57.3 Å². The Bertz CT molecular complexity index is 1510. The zero-order valence-electron chi connectivity index (χ0n) is 22.8. The van der Waals surface area contributed by atoms with E-state index in [0.717, 1.165) is 79.8 Å². The molecule has 8 heteroatoms. The molecule has 0 fully saturated rings. The third-order valence-electron chi connectivity index (χ3n) is 6.92. The van der Waals surface area contributed by atoms with Gasteiger partial charge in [-0.15, -0.1) is 22.7 Å². The van der Waals surface area contributed by atoms with E-state index in [-0.39, 0.29) is 18.0 Å². The summed E-state index contributed by atoms with van der Waals surface area (Å²) in [6.07, 6.45) is 4.98. The Morgan fingerprint density at radius 3 is 1.72 bits per heavy atom. The van der Waals surface area contributed by atoms with Gasteiger partial charge in [-0.25, -0.2) is 0 Å². The minimum Gasteiger partial charge on any atom is -0.496 e. The summed E-state index contributed by atoms with van der Waals surface area (Å²) in [5.41, 5.74) is 2.22. The molecule has 206 valence electrons. The van der Waals surface area contributed by atoms with Gasteiger partial charge in [0, 0.05) is 22.2 Å². The van der Waals surface area contributed by atoms with Gasteiger partial charge in [0.15, 0.2) is 11.6 Å². The fraction of sp³-hybridized carbons (Fsp3) is 0.387. The predicted molar refractivity (Wildman–Crippen MR) is 158 cm³/mol. The Kier molecular flexibility index (Phi) is 9.40. The molecule has 0 saturated heterocycles. The summed E-state index contributed by atoms with van der Waals surface area (Å²) >= 11 is 2.91. The molecule has 4 rings (SSSR count). The first-order chi connectivity index (χ1) is 18.7. The normalized spacial score (nSPS) is 12.1. The summed E-state index contributed by atoms with van der Waals surface area (Å²) in [5.74, 6) is 0.0204. The number of rotatable bonds is 14. The Morgan fingerprint density at radius 2 is 1.28 bits per heavy atom. The summed E-state index contributed by atoms with van der Waals surface area (Å²) in [5, 5.41) is 11.2. The number of hydrogen-bond donors (Lipinski definition) is 1. The fourth-order valence-corrected chi connectivity index (χ4v) is 6.79. The summed E-state index contributed by atoms with van der Waals surface area (Å²) < 4.78 is 13.3. The van der Waals surface area contributed by atoms with Crippen LogP contribution in [0.5, 0.6) is 11.5 Å². The predicted octanol–water partition coefficient (Wildman–Crippen LogP) is 7.97. The molecule has 0 aliphatic heterocycles. The molecule has 1 atom stereocenters. The number of carboxylic acid groups (broad SMARTS) is 1. The number of Topliss-reactive ketones (excluding diaryl/α,β-unsaturated/α-hetero) is 2. The van der Waals surface area contributed by atoms with E-state index >= 15 is 0 Å². The number of aliphatic carboxylic acids is 1. The second-order valence-corrected chi connectivity index (χ2v) is 12.0. The van der Waals surface area contributed by atoms with E-state index in [1.165, 1.54) is 22.7 Å². The molecule has 4 aromatic rings. The van der Waals surface area contributed by atoms with Crippen LogP contribution in [0.3, 0.4) is 0 Å². The van der Waals surface area contributed by atoms with Crippen LogP contribution in [0.25, 0.3) is 20.2 Å². The number of unbranched alkanes of at least 4 members (excludes halogenated alkanes) is 1. The van der Waals surface area contributed by atoms with Crippen LogP contribution in [0.2, 0.25) is 0 Å². The van der Waals surface area contributed by atoms with Crippen LogP contribution in [0.1, 0.15) is 76.4 Å². The van der Waals surface area contributed by atoms with Crippen LogP contribution in [-0.4, -0.2) is 36.9 Å². The van der Waals surface area contributed by atoms with Crippen molar-refractivity contribution in [1.29, 1.82) is 0 Å². The third kappa shape index (κ3) is 6.68. The number of fused-ring (bicyclic) bond motifs is 2. The maximum Gasteiger partial charge on any atom is 0.306 e. The number of methoxy groups -OCH3 is 2. The van der Waals surface area contributed by atoms with Gasteiger partial charge < -0.3 is 14.6 Å². The van der Waals surface area contributed by atoms with Crippen LogP contribution in [0.4, 0.5) is 0 Å². The van der Waals surface area contributed by atoms with Gasteiger partial charge in [0.05, 0.1) is 29.9 Å². The van der Waals surface area contributed by atoms with Crippen molar-refractivity contribution in [1.82, 2.24) is 0 Å². The van der Waals surface area contributed by atoms with Crippen LogP contribution in [-0.2, 0) is 17.6 Å². The Labute approximate surface area is 236 Å². The largest absolute Gasteiger partial charge is 0.496 e. The summed E-state index contributed by atoms with van der Waals surface area (Å²) in [6.45, 7) is 3.57. The summed E-state index contributed by atoms with van der Waals surface area (Å²) in [7, 11) is 3.34. The average molecular weight is 567 g/mol. The molecule has 0 radical (unpaired) electrons. The second kappa shape index (κ2) is 12.7. The van der Waals surface area contributed by atoms with E-state index in [1.807, 2.05) is 31.2 Å². The number of carbonyl (C=O) groups is 3. The average Bonchev–Trinajstić information content (AvgIpc) is 3.53. The highest BCUT2D eigenvalue weighted by Gasteiger charge is 2.20. The molecule has 0 unspecified atom stereocenters. The summed E-state index contributed by atoms with van der Waals surface area (Å²) in [6, 6.07) is 12.1. The van der Waals surface area contributed by atoms with Gasteiger partial charge in [-0.05, 0) is 90.4 Å². The fourth-order valence-electron chi connectivity index (χ4n) is 4.72. The van der Waals surface area contributed by atoms with Gasteiger partial charge in [-0.1, -0.05) is 13.8 Å². The number of ketones is 2. The molecular weight excluding hydrogens is 532 g/mol. The van der Waals surface area contributed by atoms with Gasteiger partial charge in [0.1, 0.15) is 11.5 Å². The first kappa shape index (κ1) is 28.8. The maximum absolute atomic E-state index is 12.6. The number of thiophene rings is 2. The number of carbonyl (C=O) groups excluding carboxylic acids is 2. The topological polar surface area (TPSA) is 89.9 Å². The van der Waals surface area contributed by atoms with E-state index in [0.29, 0.717) is 11.3 Å². The maximum atomic E-state index is 12.6. The van der Waals surface area contributed by atoms with Crippen LogP contribution in [0, 0.1) is 5.92 Å². The molecule has 0 saturated carbocycles. The van der Waals surface area contributed by atoms with Crippen LogP contribution < -0.4 is 9.47 Å². The smallest absolute Gasteiger partial charge is 0.306 e. The monoisotopic (exact) mass is 566 g/mol. The van der Waals surface area contributed by atoms with E-state index in [4.69, 9.17) is 14.6 Å². The zero-order chi connectivity index (χ0) is 28.1. The Hall–Kier alpha value is -3.23. The SMILES string of the molecule is CCCC(=O)c1cc2cc(CCCCc3cc4cc(C(=O)C[C@H](C)C(=O)O)sc4cc3OC)c(OC)cc2s1. The lowest BCUT2D eigenvalue weighted by Crippen LogP contribution is -2.13. The number of benzene rings is 2. The lowest BCUT2D eigenvalue weighted by molar-refractivity contribution is -0.141. The highest BCUT2D eigenvalue weighted by molar-refractivity contribution is 7.21. The van der Waals surface area contributed by atoms with Crippen molar-refractivity contribution in [2.45, 2.75) is 58.8 Å². The molecule has 39 heavy (non-hydrogen) atoms. The molecule has 0 spiro atoms. The molecule has 2 heterocycles. The third-order valence-corrected chi connectivity index (χ3v) is 9.20. The van der Waals surface area contributed by atoms with E-state index in [2.05, 4.69) is 12.1 Å². The van der Waals surface area contributed by atoms with Gasteiger partial charge in [0.25, 0.3) is 0 Å². The Morgan fingerprint density at radius 1 is 0.795 bits per heavy atom. The van der Waals surface area contributed by atoms with Gasteiger partial charge in [-0.3, -0.25) is 14.4 Å². The Balaban J connectivity index is 1.44. The van der Waals surface area contributed by atoms with Crippen LogP contribution in [0.15, 0.2) is 36.4 Å². The van der Waals surface area contributed by atoms with Gasteiger partial charge in [0.2, 0.25) is 0 Å². The molecule has 2 aromatic carbocycles. The van der Waals surface area contributed by atoms with E-state index in [9.17, 15) is 14.4 Å². The van der Waals surface area contributed by atoms with Crippen molar-refractivity contribution in [2.75, 3.05) is 14.2 Å². The number of carboxylic acids is 1. The standard InChI is InChI=1S/C31H34O6S2/c1-5-8-23(32)29-14-21-12-19(25(36-3)16-27(21)38-29)9-6-7-10-20-13-22-15-30(24(33)11-18(2)31(34)35)39-28(22)17-26(20)37-4/h12-18H,5-11H2,1-4H3,(H,34,35)/t18-/m0/s1. The zero-order valence-corrected chi connectivity index (χ0v) is 24.4. The highest BCUT2D eigenvalue weighted by atomic mass is 32.1. The number of hydrogen-bond acceptors (Lipinski definition) is 7. The molecule has 2 aromatic heterocycles. The van der Waals surface area contributed by atoms with Crippen molar-refractivity contribution in [2.24, 2.45) is 5.92 Å². The van der Waals surface area contributed by atoms with Crippen molar-refractivity contribution in [3.8, 4) is 11.5 Å². The molecule has 0 aliphatic rings. The first-order valence-corrected chi connectivity index (χ1v) is 14.9.